The lowest BCUT2D eigenvalue weighted by molar-refractivity contribution is -0.122. The quantitative estimate of drug-likeness (QED) is 0.491. The maximum absolute atomic E-state index is 13.2. The van der Waals surface area contributed by atoms with E-state index in [9.17, 15) is 21.6 Å². The zero-order valence-corrected chi connectivity index (χ0v) is 17.6. The van der Waals surface area contributed by atoms with Gasteiger partial charge in [0.2, 0.25) is 37.8 Å². The number of carbonyl (C=O) groups is 1. The Morgan fingerprint density at radius 2 is 1.76 bits per heavy atom. The molecule has 3 N–H and O–H groups in total. The maximum atomic E-state index is 13.2. The van der Waals surface area contributed by atoms with E-state index < -0.39 is 36.9 Å². The van der Waals surface area contributed by atoms with Gasteiger partial charge in [-0.05, 0) is 12.2 Å². The number of aliphatic imine (C=N–C) groups is 1. The first-order chi connectivity index (χ1) is 13.4. The molecule has 160 valence electrons. The Morgan fingerprint density at radius 3 is 2.21 bits per heavy atom. The van der Waals surface area contributed by atoms with Gasteiger partial charge in [-0.1, -0.05) is 0 Å². The van der Waals surface area contributed by atoms with Crippen molar-refractivity contribution < 1.29 is 31.1 Å². The fraction of sp³-hybridized carbons (Fsp3) is 0.429. The number of hydrogen-bond donors (Lipinski definition) is 2. The number of dihydropyridines is 1. The summed E-state index contributed by atoms with van der Waals surface area (Å²) in [4.78, 5) is 24.8. The zero-order valence-electron chi connectivity index (χ0n) is 15.9. The molecule has 2 unspecified atom stereocenters. The minimum Gasteiger partial charge on any atom is -0.481 e. The van der Waals surface area contributed by atoms with Gasteiger partial charge in [0.05, 0.1) is 26.5 Å². The molecule has 1 aromatic rings. The summed E-state index contributed by atoms with van der Waals surface area (Å²) < 4.78 is 59.3. The number of nitrogens with zero attached hydrogens (tertiary/aromatic N) is 4. The van der Waals surface area contributed by atoms with Crippen molar-refractivity contribution in [2.45, 2.75) is 10.9 Å². The lowest BCUT2D eigenvalue weighted by Gasteiger charge is -2.40. The number of sulfonamides is 2. The van der Waals surface area contributed by atoms with E-state index in [1.807, 2.05) is 0 Å². The van der Waals surface area contributed by atoms with Crippen LogP contribution in [0.5, 0.6) is 11.8 Å². The van der Waals surface area contributed by atoms with Crippen LogP contribution in [0.1, 0.15) is 0 Å². The number of allylic oxidation sites excluding steroid dienone is 1. The number of methoxy groups -OCH3 is 2. The van der Waals surface area contributed by atoms with E-state index >= 15 is 0 Å². The summed E-state index contributed by atoms with van der Waals surface area (Å²) in [6.07, 6.45) is 4.21. The van der Waals surface area contributed by atoms with Gasteiger partial charge in [-0.2, -0.15) is 14.3 Å². The topological polar surface area (TPSA) is 183 Å². The fourth-order valence-corrected chi connectivity index (χ4v) is 4.53. The lowest BCUT2D eigenvalue weighted by atomic mass is 9.96. The molecule has 0 saturated carbocycles. The minimum absolute atomic E-state index is 0.0397. The van der Waals surface area contributed by atoms with E-state index in [1.54, 1.807) is 0 Å². The monoisotopic (exact) mass is 448 g/mol. The molecule has 1 aliphatic heterocycles. The molecule has 2 atom stereocenters. The predicted molar refractivity (Wildman–Crippen MR) is 104 cm³/mol. The van der Waals surface area contributed by atoms with Crippen LogP contribution in [0.3, 0.4) is 0 Å². The summed E-state index contributed by atoms with van der Waals surface area (Å²) in [5.74, 6) is -1.34. The van der Waals surface area contributed by atoms with Crippen molar-refractivity contribution >= 4 is 38.1 Å². The van der Waals surface area contributed by atoms with Gasteiger partial charge in [-0.3, -0.25) is 15.1 Å². The molecule has 1 amide bonds. The molecule has 1 aliphatic rings. The van der Waals surface area contributed by atoms with Crippen LogP contribution >= 0.6 is 0 Å². The number of rotatable bonds is 7. The zero-order chi connectivity index (χ0) is 22.0. The van der Waals surface area contributed by atoms with Crippen molar-refractivity contribution in [2.24, 2.45) is 10.1 Å². The van der Waals surface area contributed by atoms with Gasteiger partial charge in [-0.15, -0.1) is 0 Å². The Hall–Kier alpha value is -2.62. The van der Waals surface area contributed by atoms with Gasteiger partial charge in [0.1, 0.15) is 0 Å². The summed E-state index contributed by atoms with van der Waals surface area (Å²) in [5, 5.41) is 5.57. The Morgan fingerprint density at radius 1 is 1.21 bits per heavy atom. The van der Waals surface area contributed by atoms with Crippen LogP contribution < -0.4 is 19.9 Å². The van der Waals surface area contributed by atoms with Crippen molar-refractivity contribution in [2.75, 3.05) is 32.8 Å². The van der Waals surface area contributed by atoms with Crippen molar-refractivity contribution in [3.05, 3.63) is 18.2 Å². The molecule has 13 nitrogen and oxygen atoms in total. The predicted octanol–water partition coefficient (Wildman–Crippen LogP) is -1.68. The summed E-state index contributed by atoms with van der Waals surface area (Å²) in [7, 11) is -4.91. The highest BCUT2D eigenvalue weighted by Crippen LogP contribution is 2.32. The number of carbonyl (C=O) groups excluding carboxylic acids is 1. The van der Waals surface area contributed by atoms with Gasteiger partial charge in [0.15, 0.2) is 10.9 Å². The third-order valence-corrected chi connectivity index (χ3v) is 6.45. The van der Waals surface area contributed by atoms with E-state index in [2.05, 4.69) is 20.3 Å². The molecule has 0 radical (unpaired) electrons. The van der Waals surface area contributed by atoms with E-state index in [-0.39, 0.29) is 17.7 Å². The van der Waals surface area contributed by atoms with Gasteiger partial charge < -0.3 is 9.47 Å². The van der Waals surface area contributed by atoms with Gasteiger partial charge in [0, 0.05) is 13.3 Å². The average Bonchev–Trinajstić information content (AvgIpc) is 2.65. The maximum Gasteiger partial charge on any atom is 0.255 e. The van der Waals surface area contributed by atoms with Crippen LogP contribution in [0, 0.1) is 0 Å². The lowest BCUT2D eigenvalue weighted by Crippen LogP contribution is -2.65. The molecule has 0 aliphatic carbocycles. The van der Waals surface area contributed by atoms with Crippen LogP contribution in [-0.4, -0.2) is 81.7 Å². The summed E-state index contributed by atoms with van der Waals surface area (Å²) >= 11 is 0. The number of nitrogens with two attached hydrogens (primary N) is 1. The Balaban J connectivity index is 2.63. The number of hydrogen-bond acceptors (Lipinski definition) is 10. The Labute approximate surface area is 167 Å². The molecular weight excluding hydrogens is 428 g/mol. The summed E-state index contributed by atoms with van der Waals surface area (Å²) in [6.45, 7) is 0. The second-order valence-electron chi connectivity index (χ2n) is 5.88. The van der Waals surface area contributed by atoms with Gasteiger partial charge in [0.25, 0.3) is 5.91 Å². The second-order valence-corrected chi connectivity index (χ2v) is 9.52. The molecule has 0 saturated heterocycles. The Bertz CT molecular complexity index is 1050. The smallest absolute Gasteiger partial charge is 0.255 e. The molecular formula is C14H20N6O7S2. The first kappa shape index (κ1) is 22.7. The van der Waals surface area contributed by atoms with Crippen molar-refractivity contribution in [3.8, 4) is 11.8 Å². The standard InChI is InChI=1S/C14H20N6O7S2/c1-20(28(4,22)23)14(6-5-7-16-12(14)29(15,24)25)11(21)19-13-17-9(26-2)8-10(18-13)27-3/h5-8,12H,1-4H3,(H2,15,24,25)(H,17,18,19,21). The van der Waals surface area contributed by atoms with E-state index in [0.717, 1.165) is 25.6 Å². The number of amides is 1. The first-order valence-electron chi connectivity index (χ1n) is 7.81. The van der Waals surface area contributed by atoms with Crippen LogP contribution in [0.15, 0.2) is 23.2 Å². The molecule has 29 heavy (non-hydrogen) atoms. The third kappa shape index (κ3) is 4.52. The van der Waals surface area contributed by atoms with Crippen molar-refractivity contribution in [1.29, 1.82) is 0 Å². The van der Waals surface area contributed by atoms with Gasteiger partial charge in [-0.25, -0.2) is 22.0 Å². The van der Waals surface area contributed by atoms with Crippen molar-refractivity contribution in [1.82, 2.24) is 14.3 Å². The molecule has 2 heterocycles. The molecule has 1 aromatic heterocycles. The molecule has 2 rings (SSSR count). The van der Waals surface area contributed by atoms with E-state index in [0.29, 0.717) is 4.31 Å². The normalized spacial score (nSPS) is 21.8. The van der Waals surface area contributed by atoms with E-state index in [4.69, 9.17) is 14.6 Å². The largest absolute Gasteiger partial charge is 0.481 e. The molecule has 0 aromatic carbocycles. The van der Waals surface area contributed by atoms with Crippen LogP contribution in [0.25, 0.3) is 0 Å². The average molecular weight is 448 g/mol. The van der Waals surface area contributed by atoms with Crippen LogP contribution in [0.2, 0.25) is 0 Å². The number of primary sulfonamides is 1. The second kappa shape index (κ2) is 8.02. The van der Waals surface area contributed by atoms with Crippen molar-refractivity contribution in [3.63, 3.8) is 0 Å². The highest BCUT2D eigenvalue weighted by Gasteiger charge is 2.56. The fourth-order valence-electron chi connectivity index (χ4n) is 2.59. The van der Waals surface area contributed by atoms with Crippen LogP contribution in [0.4, 0.5) is 5.95 Å². The minimum atomic E-state index is -4.51. The molecule has 15 heteroatoms. The number of nitrogens with one attached hydrogen (secondary N) is 1. The number of aromatic nitrogens is 2. The number of ether oxygens (including phenoxy) is 2. The Kier molecular flexibility index (Phi) is 6.27. The summed E-state index contributed by atoms with van der Waals surface area (Å²) in [6, 6.07) is 1.34. The highest BCUT2D eigenvalue weighted by molar-refractivity contribution is 7.90. The first-order valence-corrected chi connectivity index (χ1v) is 11.3. The number of likely N-dealkylation sites (N-methyl/N-ethyl adjacent to an activating group) is 1. The SMILES string of the molecule is COc1cc(OC)nc(NC(=O)C2(N(C)S(C)(=O)=O)C=CC=NC2S(N)(=O)=O)n1. The number of anilines is 1. The molecule has 0 fully saturated rings. The third-order valence-electron chi connectivity index (χ3n) is 4.05. The molecule has 0 spiro atoms. The van der Waals surface area contributed by atoms with E-state index in [1.165, 1.54) is 26.4 Å². The van der Waals surface area contributed by atoms with Crippen LogP contribution in [-0.2, 0) is 24.8 Å². The summed E-state index contributed by atoms with van der Waals surface area (Å²) in [5.41, 5.74) is -2.34. The molecule has 0 bridgehead atoms. The van der Waals surface area contributed by atoms with Gasteiger partial charge >= 0.3 is 0 Å². The highest BCUT2D eigenvalue weighted by atomic mass is 32.2.